The van der Waals surface area contributed by atoms with Gasteiger partial charge >= 0.3 is 0 Å². The number of hydrogen-bond acceptors (Lipinski definition) is 4. The number of nitrogens with one attached hydrogen (secondary N) is 1. The normalized spacial score (nSPS) is 10.6. The van der Waals surface area contributed by atoms with Gasteiger partial charge in [-0.3, -0.25) is 0 Å². The summed E-state index contributed by atoms with van der Waals surface area (Å²) in [5, 5.41) is 3.34. The number of ether oxygens (including phenoxy) is 2. The molecule has 4 nitrogen and oxygen atoms in total. The van der Waals surface area contributed by atoms with Crippen LogP contribution in [0.1, 0.15) is 37.5 Å². The van der Waals surface area contributed by atoms with Crippen molar-refractivity contribution in [3.63, 3.8) is 0 Å². The minimum absolute atomic E-state index is 0.713. The Kier molecular flexibility index (Phi) is 6.84. The van der Waals surface area contributed by atoms with E-state index in [2.05, 4.69) is 18.3 Å². The van der Waals surface area contributed by atoms with Gasteiger partial charge in [0.25, 0.3) is 0 Å². The van der Waals surface area contributed by atoms with Gasteiger partial charge in [0.2, 0.25) is 0 Å². The zero-order chi connectivity index (χ0) is 15.6. The van der Waals surface area contributed by atoms with E-state index in [1.165, 1.54) is 12.8 Å². The molecule has 0 unspecified atom stereocenters. The summed E-state index contributed by atoms with van der Waals surface area (Å²) in [5.41, 5.74) is 1.16. The third kappa shape index (κ3) is 5.11. The Morgan fingerprint density at radius 3 is 2.73 bits per heavy atom. The molecule has 0 atom stereocenters. The Balaban J connectivity index is 1.84. The summed E-state index contributed by atoms with van der Waals surface area (Å²) in [6.45, 7) is 4.39. The second-order valence-electron chi connectivity index (χ2n) is 5.22. The standard InChI is InChI=1S/C18H25NO3/c1-3-4-5-10-22-17-9-8-15(12-18(17)20-2)13-19-14-16-7-6-11-21-16/h6-9,11-12,19H,3-5,10,13-14H2,1-2H3. The lowest BCUT2D eigenvalue weighted by atomic mass is 10.2. The quantitative estimate of drug-likeness (QED) is 0.670. The summed E-state index contributed by atoms with van der Waals surface area (Å²) >= 11 is 0. The Morgan fingerprint density at radius 1 is 1.09 bits per heavy atom. The molecule has 120 valence electrons. The average Bonchev–Trinajstić information content (AvgIpc) is 3.05. The van der Waals surface area contributed by atoms with Crippen LogP contribution in [-0.2, 0) is 13.1 Å². The maximum Gasteiger partial charge on any atom is 0.161 e. The Labute approximate surface area is 132 Å². The van der Waals surface area contributed by atoms with Crippen LogP contribution in [0.25, 0.3) is 0 Å². The molecular weight excluding hydrogens is 278 g/mol. The van der Waals surface area contributed by atoms with Crippen LogP contribution in [0.5, 0.6) is 11.5 Å². The zero-order valence-corrected chi connectivity index (χ0v) is 13.4. The van der Waals surface area contributed by atoms with Crippen molar-refractivity contribution >= 4 is 0 Å². The van der Waals surface area contributed by atoms with Gasteiger partial charge < -0.3 is 19.2 Å². The number of methoxy groups -OCH3 is 1. The zero-order valence-electron chi connectivity index (χ0n) is 13.4. The maximum atomic E-state index is 5.79. The van der Waals surface area contributed by atoms with Crippen molar-refractivity contribution in [1.29, 1.82) is 0 Å². The second-order valence-corrected chi connectivity index (χ2v) is 5.22. The average molecular weight is 303 g/mol. The third-order valence-corrected chi connectivity index (χ3v) is 3.44. The molecular formula is C18H25NO3. The van der Waals surface area contributed by atoms with Gasteiger partial charge in [0, 0.05) is 6.54 Å². The Morgan fingerprint density at radius 2 is 2.00 bits per heavy atom. The highest BCUT2D eigenvalue weighted by atomic mass is 16.5. The number of furan rings is 1. The van der Waals surface area contributed by atoms with Gasteiger partial charge in [0.15, 0.2) is 11.5 Å². The van der Waals surface area contributed by atoms with Gasteiger partial charge in [-0.15, -0.1) is 0 Å². The molecule has 1 N–H and O–H groups in total. The molecule has 2 aromatic rings. The van der Waals surface area contributed by atoms with E-state index < -0.39 is 0 Å². The van der Waals surface area contributed by atoms with Crippen molar-refractivity contribution in [3.8, 4) is 11.5 Å². The molecule has 0 radical (unpaired) electrons. The van der Waals surface area contributed by atoms with Crippen molar-refractivity contribution in [2.45, 2.75) is 39.3 Å². The van der Waals surface area contributed by atoms with Crippen LogP contribution in [0.15, 0.2) is 41.0 Å². The fourth-order valence-electron chi connectivity index (χ4n) is 2.22. The van der Waals surface area contributed by atoms with E-state index in [4.69, 9.17) is 13.9 Å². The molecule has 1 aromatic carbocycles. The van der Waals surface area contributed by atoms with Crippen LogP contribution < -0.4 is 14.8 Å². The number of hydrogen-bond donors (Lipinski definition) is 1. The molecule has 2 rings (SSSR count). The molecule has 0 spiro atoms. The number of benzene rings is 1. The summed E-state index contributed by atoms with van der Waals surface area (Å²) < 4.78 is 16.5. The molecule has 0 aliphatic carbocycles. The van der Waals surface area contributed by atoms with E-state index in [9.17, 15) is 0 Å². The van der Waals surface area contributed by atoms with E-state index >= 15 is 0 Å². The molecule has 1 aromatic heterocycles. The first-order valence-corrected chi connectivity index (χ1v) is 7.86. The summed E-state index contributed by atoms with van der Waals surface area (Å²) in [6, 6.07) is 9.91. The minimum atomic E-state index is 0.713. The lowest BCUT2D eigenvalue weighted by Crippen LogP contribution is -2.12. The largest absolute Gasteiger partial charge is 0.493 e. The van der Waals surface area contributed by atoms with E-state index in [-0.39, 0.29) is 0 Å². The molecule has 0 saturated heterocycles. The van der Waals surface area contributed by atoms with Gasteiger partial charge in [-0.2, -0.15) is 0 Å². The topological polar surface area (TPSA) is 43.6 Å². The lowest BCUT2D eigenvalue weighted by Gasteiger charge is -2.12. The van der Waals surface area contributed by atoms with Gasteiger partial charge in [-0.05, 0) is 36.2 Å². The van der Waals surface area contributed by atoms with Gasteiger partial charge in [0.1, 0.15) is 5.76 Å². The van der Waals surface area contributed by atoms with Crippen molar-refractivity contribution in [2.75, 3.05) is 13.7 Å². The number of rotatable bonds is 10. The fourth-order valence-corrected chi connectivity index (χ4v) is 2.22. The molecule has 0 fully saturated rings. The lowest BCUT2D eigenvalue weighted by molar-refractivity contribution is 0.286. The SMILES string of the molecule is CCCCCOc1ccc(CNCc2ccco2)cc1OC. The first kappa shape index (κ1) is 16.4. The van der Waals surface area contributed by atoms with Crippen LogP contribution in [0.4, 0.5) is 0 Å². The van der Waals surface area contributed by atoms with E-state index in [0.717, 1.165) is 42.4 Å². The smallest absolute Gasteiger partial charge is 0.161 e. The van der Waals surface area contributed by atoms with E-state index in [0.29, 0.717) is 6.54 Å². The Bertz CT molecular complexity index is 537. The third-order valence-electron chi connectivity index (χ3n) is 3.44. The van der Waals surface area contributed by atoms with Gasteiger partial charge in [-0.1, -0.05) is 25.8 Å². The highest BCUT2D eigenvalue weighted by molar-refractivity contribution is 5.42. The predicted octanol–water partition coefficient (Wildman–Crippen LogP) is 4.15. The first-order chi connectivity index (χ1) is 10.8. The number of unbranched alkanes of at least 4 members (excludes halogenated alkanes) is 2. The molecule has 0 aliphatic heterocycles. The molecule has 4 heteroatoms. The van der Waals surface area contributed by atoms with Crippen molar-refractivity contribution in [2.24, 2.45) is 0 Å². The van der Waals surface area contributed by atoms with Crippen molar-refractivity contribution in [3.05, 3.63) is 47.9 Å². The summed E-state index contributed by atoms with van der Waals surface area (Å²) in [6.07, 6.45) is 5.15. The van der Waals surface area contributed by atoms with Crippen LogP contribution in [0.3, 0.4) is 0 Å². The highest BCUT2D eigenvalue weighted by Gasteiger charge is 2.06. The molecule has 22 heavy (non-hydrogen) atoms. The van der Waals surface area contributed by atoms with E-state index in [1.807, 2.05) is 24.3 Å². The molecule has 0 bridgehead atoms. The van der Waals surface area contributed by atoms with Crippen LogP contribution in [0.2, 0.25) is 0 Å². The summed E-state index contributed by atoms with van der Waals surface area (Å²) in [7, 11) is 1.67. The maximum absolute atomic E-state index is 5.79. The Hall–Kier alpha value is -1.94. The highest BCUT2D eigenvalue weighted by Crippen LogP contribution is 2.28. The molecule has 0 amide bonds. The van der Waals surface area contributed by atoms with Crippen molar-refractivity contribution in [1.82, 2.24) is 5.32 Å². The van der Waals surface area contributed by atoms with Gasteiger partial charge in [0.05, 0.1) is 26.5 Å². The van der Waals surface area contributed by atoms with Crippen LogP contribution in [0, 0.1) is 0 Å². The summed E-state index contributed by atoms with van der Waals surface area (Å²) in [4.78, 5) is 0. The first-order valence-electron chi connectivity index (χ1n) is 7.86. The monoisotopic (exact) mass is 303 g/mol. The summed E-state index contributed by atoms with van der Waals surface area (Å²) in [5.74, 6) is 2.53. The molecule has 1 heterocycles. The fraction of sp³-hybridized carbons (Fsp3) is 0.444. The molecule has 0 aliphatic rings. The van der Waals surface area contributed by atoms with Gasteiger partial charge in [-0.25, -0.2) is 0 Å². The van der Waals surface area contributed by atoms with E-state index in [1.54, 1.807) is 13.4 Å². The van der Waals surface area contributed by atoms with Crippen molar-refractivity contribution < 1.29 is 13.9 Å². The second kappa shape index (κ2) is 9.15. The predicted molar refractivity (Wildman–Crippen MR) is 87.3 cm³/mol. The van der Waals surface area contributed by atoms with Crippen LogP contribution in [-0.4, -0.2) is 13.7 Å². The molecule has 0 saturated carbocycles. The van der Waals surface area contributed by atoms with Crippen LogP contribution >= 0.6 is 0 Å². The minimum Gasteiger partial charge on any atom is -0.493 e.